The van der Waals surface area contributed by atoms with Gasteiger partial charge in [0.15, 0.2) is 0 Å². The molecule has 0 aliphatic heterocycles. The van der Waals surface area contributed by atoms with Crippen molar-refractivity contribution in [1.82, 2.24) is 0 Å². The number of ether oxygens (including phenoxy) is 1. The Bertz CT molecular complexity index is 580. The number of benzene rings is 2. The highest BCUT2D eigenvalue weighted by Crippen LogP contribution is 2.29. The van der Waals surface area contributed by atoms with E-state index in [0.717, 1.165) is 26.9 Å². The number of hydrogen-bond donors (Lipinski definition) is 1. The summed E-state index contributed by atoms with van der Waals surface area (Å²) >= 11 is 9.50. The van der Waals surface area contributed by atoms with Gasteiger partial charge < -0.3 is 10.5 Å². The lowest BCUT2D eigenvalue weighted by molar-refractivity contribution is 0.414. The number of aryl methyl sites for hydroxylation is 1. The molecule has 0 radical (unpaired) electrons. The average Bonchev–Trinajstić information content (AvgIpc) is 2.36. The van der Waals surface area contributed by atoms with Crippen LogP contribution in [0, 0.1) is 6.92 Å². The summed E-state index contributed by atoms with van der Waals surface area (Å²) in [5.41, 5.74) is 9.47. The van der Waals surface area contributed by atoms with E-state index in [1.807, 2.05) is 43.3 Å². The maximum atomic E-state index is 6.33. The second kappa shape index (κ2) is 5.95. The maximum absolute atomic E-state index is 6.33. The minimum atomic E-state index is -0.207. The lowest BCUT2D eigenvalue weighted by Crippen LogP contribution is -2.13. The first-order valence-corrected chi connectivity index (χ1v) is 7.04. The molecule has 1 atom stereocenters. The minimum Gasteiger partial charge on any atom is -0.497 e. The molecule has 0 saturated heterocycles. The van der Waals surface area contributed by atoms with E-state index in [1.54, 1.807) is 7.11 Å². The Kier molecular flexibility index (Phi) is 4.50. The van der Waals surface area contributed by atoms with E-state index in [0.29, 0.717) is 5.02 Å². The van der Waals surface area contributed by atoms with Gasteiger partial charge in [-0.15, -0.1) is 0 Å². The molecule has 0 amide bonds. The highest BCUT2D eigenvalue weighted by Gasteiger charge is 2.13. The van der Waals surface area contributed by atoms with Gasteiger partial charge in [0.1, 0.15) is 5.75 Å². The van der Waals surface area contributed by atoms with Gasteiger partial charge in [-0.2, -0.15) is 0 Å². The fourth-order valence-electron chi connectivity index (χ4n) is 2.06. The quantitative estimate of drug-likeness (QED) is 0.895. The van der Waals surface area contributed by atoms with Crippen molar-refractivity contribution in [3.63, 3.8) is 0 Å². The van der Waals surface area contributed by atoms with Crippen LogP contribution in [0.1, 0.15) is 22.7 Å². The lowest BCUT2D eigenvalue weighted by Gasteiger charge is -2.16. The third-order valence-electron chi connectivity index (χ3n) is 3.06. The minimum absolute atomic E-state index is 0.207. The van der Waals surface area contributed by atoms with Crippen LogP contribution in [-0.2, 0) is 0 Å². The van der Waals surface area contributed by atoms with Gasteiger partial charge in [0.2, 0.25) is 0 Å². The number of hydrogen-bond acceptors (Lipinski definition) is 2. The third kappa shape index (κ3) is 3.30. The maximum Gasteiger partial charge on any atom is 0.119 e. The van der Waals surface area contributed by atoms with Crippen LogP contribution in [0.4, 0.5) is 0 Å². The molecule has 2 N–H and O–H groups in total. The summed E-state index contributed by atoms with van der Waals surface area (Å²) in [5, 5.41) is 0.672. The highest BCUT2D eigenvalue weighted by atomic mass is 79.9. The lowest BCUT2D eigenvalue weighted by atomic mass is 9.95. The van der Waals surface area contributed by atoms with Crippen molar-refractivity contribution in [2.45, 2.75) is 13.0 Å². The smallest absolute Gasteiger partial charge is 0.119 e. The van der Waals surface area contributed by atoms with Crippen LogP contribution in [0.15, 0.2) is 40.9 Å². The zero-order chi connectivity index (χ0) is 14.0. The van der Waals surface area contributed by atoms with Crippen LogP contribution >= 0.6 is 27.5 Å². The Morgan fingerprint density at radius 2 is 1.95 bits per heavy atom. The molecular weight excluding hydrogens is 326 g/mol. The van der Waals surface area contributed by atoms with E-state index < -0.39 is 0 Å². The largest absolute Gasteiger partial charge is 0.497 e. The van der Waals surface area contributed by atoms with Crippen LogP contribution < -0.4 is 10.5 Å². The summed E-state index contributed by atoms with van der Waals surface area (Å²) in [4.78, 5) is 0. The Morgan fingerprint density at radius 3 is 2.53 bits per heavy atom. The van der Waals surface area contributed by atoms with E-state index in [4.69, 9.17) is 22.1 Å². The van der Waals surface area contributed by atoms with Crippen molar-refractivity contribution in [2.24, 2.45) is 5.73 Å². The molecule has 0 heterocycles. The van der Waals surface area contributed by atoms with Gasteiger partial charge >= 0.3 is 0 Å². The summed E-state index contributed by atoms with van der Waals surface area (Å²) in [6.45, 7) is 2.03. The first-order valence-electron chi connectivity index (χ1n) is 5.87. The molecule has 2 rings (SSSR count). The molecule has 0 fully saturated rings. The third-order valence-corrected chi connectivity index (χ3v) is 3.73. The van der Waals surface area contributed by atoms with Gasteiger partial charge in [0.25, 0.3) is 0 Å². The van der Waals surface area contributed by atoms with Gasteiger partial charge in [-0.1, -0.05) is 33.6 Å². The van der Waals surface area contributed by atoms with Gasteiger partial charge in [-0.3, -0.25) is 0 Å². The molecule has 0 bridgehead atoms. The normalized spacial score (nSPS) is 12.3. The molecule has 0 aliphatic rings. The number of halogens is 2. The molecule has 19 heavy (non-hydrogen) atoms. The van der Waals surface area contributed by atoms with Crippen LogP contribution in [0.2, 0.25) is 5.02 Å². The Labute approximate surface area is 126 Å². The Hall–Kier alpha value is -1.03. The van der Waals surface area contributed by atoms with E-state index in [9.17, 15) is 0 Å². The molecular formula is C15H15BrClNO. The summed E-state index contributed by atoms with van der Waals surface area (Å²) in [6, 6.07) is 11.4. The Morgan fingerprint density at radius 1 is 1.21 bits per heavy atom. The predicted octanol–water partition coefficient (Wildman–Crippen LogP) is 4.47. The Balaban J connectivity index is 2.40. The molecule has 0 saturated carbocycles. The zero-order valence-corrected chi connectivity index (χ0v) is 13.1. The van der Waals surface area contributed by atoms with Gasteiger partial charge in [-0.05, 0) is 53.9 Å². The topological polar surface area (TPSA) is 35.2 Å². The molecule has 4 heteroatoms. The fourth-order valence-corrected chi connectivity index (χ4v) is 2.94. The molecule has 0 aromatic heterocycles. The van der Waals surface area contributed by atoms with Crippen molar-refractivity contribution < 1.29 is 4.74 Å². The number of nitrogens with two attached hydrogens (primary N) is 1. The number of methoxy groups -OCH3 is 1. The average molecular weight is 341 g/mol. The molecule has 2 nitrogen and oxygen atoms in total. The second-order valence-corrected chi connectivity index (χ2v) is 5.76. The SMILES string of the molecule is COc1ccc(C(N)c2cc(Cl)cc(Br)c2)c(C)c1. The van der Waals surface area contributed by atoms with Crippen molar-refractivity contribution in [3.8, 4) is 5.75 Å². The zero-order valence-electron chi connectivity index (χ0n) is 10.8. The summed E-state index contributed by atoms with van der Waals surface area (Å²) < 4.78 is 6.13. The van der Waals surface area contributed by atoms with E-state index in [2.05, 4.69) is 15.9 Å². The van der Waals surface area contributed by atoms with Gasteiger partial charge in [-0.25, -0.2) is 0 Å². The van der Waals surface area contributed by atoms with Gasteiger partial charge in [0.05, 0.1) is 13.2 Å². The number of rotatable bonds is 3. The molecule has 100 valence electrons. The summed E-state index contributed by atoms with van der Waals surface area (Å²) in [5.74, 6) is 0.834. The molecule has 2 aromatic carbocycles. The fraction of sp³-hybridized carbons (Fsp3) is 0.200. The van der Waals surface area contributed by atoms with Crippen LogP contribution in [0.3, 0.4) is 0 Å². The van der Waals surface area contributed by atoms with Crippen LogP contribution in [0.5, 0.6) is 5.75 Å². The van der Waals surface area contributed by atoms with Gasteiger partial charge in [0, 0.05) is 9.50 Å². The van der Waals surface area contributed by atoms with Crippen molar-refractivity contribution in [1.29, 1.82) is 0 Å². The second-order valence-electron chi connectivity index (χ2n) is 4.40. The van der Waals surface area contributed by atoms with Crippen LogP contribution in [0.25, 0.3) is 0 Å². The first kappa shape index (κ1) is 14.4. The molecule has 0 aliphatic carbocycles. The monoisotopic (exact) mass is 339 g/mol. The van der Waals surface area contributed by atoms with E-state index in [-0.39, 0.29) is 6.04 Å². The van der Waals surface area contributed by atoms with Crippen LogP contribution in [-0.4, -0.2) is 7.11 Å². The van der Waals surface area contributed by atoms with E-state index >= 15 is 0 Å². The highest BCUT2D eigenvalue weighted by molar-refractivity contribution is 9.10. The molecule has 0 spiro atoms. The summed E-state index contributed by atoms with van der Waals surface area (Å²) in [7, 11) is 1.66. The predicted molar refractivity (Wildman–Crippen MR) is 82.9 cm³/mol. The standard InChI is InChI=1S/C15H15BrClNO/c1-9-5-13(19-2)3-4-14(9)15(18)10-6-11(16)8-12(17)7-10/h3-8,15H,18H2,1-2H3. The van der Waals surface area contributed by atoms with E-state index in [1.165, 1.54) is 0 Å². The molecule has 1 unspecified atom stereocenters. The van der Waals surface area contributed by atoms with Crippen molar-refractivity contribution in [3.05, 3.63) is 62.6 Å². The first-order chi connectivity index (χ1) is 9.01. The van der Waals surface area contributed by atoms with Crippen molar-refractivity contribution in [2.75, 3.05) is 7.11 Å². The summed E-state index contributed by atoms with van der Waals surface area (Å²) in [6.07, 6.45) is 0. The molecule has 2 aromatic rings. The van der Waals surface area contributed by atoms with Crippen molar-refractivity contribution >= 4 is 27.5 Å².